The Morgan fingerprint density at radius 2 is 1.76 bits per heavy atom. The van der Waals surface area contributed by atoms with Crippen LogP contribution in [0.4, 0.5) is 0 Å². The molecule has 0 aliphatic rings. The molecule has 5 nitrogen and oxygen atoms in total. The molecule has 0 heterocycles. The predicted molar refractivity (Wildman–Crippen MR) is 61.3 cm³/mol. The van der Waals surface area contributed by atoms with Crippen LogP contribution < -0.4 is 0 Å². The Balaban J connectivity index is 3.06. The van der Waals surface area contributed by atoms with Crippen molar-refractivity contribution < 1.29 is 25.2 Å². The van der Waals surface area contributed by atoms with Crippen molar-refractivity contribution in [2.45, 2.75) is 6.92 Å². The van der Waals surface area contributed by atoms with Crippen LogP contribution in [-0.4, -0.2) is 26.2 Å². The van der Waals surface area contributed by atoms with Gasteiger partial charge in [0.05, 0.1) is 5.56 Å². The molecule has 0 aliphatic carbocycles. The van der Waals surface area contributed by atoms with Crippen LogP contribution in [0.15, 0.2) is 36.1 Å². The van der Waals surface area contributed by atoms with Gasteiger partial charge >= 0.3 is 0 Å². The number of phenolic OH excluding ortho intramolecular Hbond substituents is 3. The second-order valence-corrected chi connectivity index (χ2v) is 3.24. The normalized spacial score (nSPS) is 11.9. The SMILES string of the molecule is C/C=C(O)\C=C/C(=O)c1ccc(O)c(O)c1O. The Morgan fingerprint density at radius 1 is 1.12 bits per heavy atom. The summed E-state index contributed by atoms with van der Waals surface area (Å²) in [5.74, 6) is -2.66. The Morgan fingerprint density at radius 3 is 2.35 bits per heavy atom. The van der Waals surface area contributed by atoms with E-state index in [1.807, 2.05) is 0 Å². The maximum absolute atomic E-state index is 11.6. The summed E-state index contributed by atoms with van der Waals surface area (Å²) in [6.45, 7) is 1.59. The standard InChI is InChI=1S/C12H12O5/c1-2-7(13)3-5-9(14)8-4-6-10(15)12(17)11(8)16/h2-6,13,15-17H,1H3/b5-3-,7-2+. The Hall–Kier alpha value is -2.43. The zero-order valence-corrected chi connectivity index (χ0v) is 9.08. The van der Waals surface area contributed by atoms with Gasteiger partial charge in [-0.05, 0) is 37.3 Å². The molecule has 0 spiro atoms. The number of aromatic hydroxyl groups is 3. The van der Waals surface area contributed by atoms with Crippen molar-refractivity contribution in [2.75, 3.05) is 0 Å². The number of phenols is 3. The lowest BCUT2D eigenvalue weighted by Gasteiger charge is -2.04. The topological polar surface area (TPSA) is 98.0 Å². The van der Waals surface area contributed by atoms with E-state index in [9.17, 15) is 15.0 Å². The van der Waals surface area contributed by atoms with E-state index in [0.29, 0.717) is 0 Å². The van der Waals surface area contributed by atoms with Crippen molar-refractivity contribution in [2.24, 2.45) is 0 Å². The number of hydrogen-bond donors (Lipinski definition) is 4. The lowest BCUT2D eigenvalue weighted by molar-refractivity contribution is 0.104. The molecule has 0 fully saturated rings. The van der Waals surface area contributed by atoms with E-state index in [2.05, 4.69) is 0 Å². The number of ketones is 1. The maximum Gasteiger partial charge on any atom is 0.201 e. The molecule has 0 saturated heterocycles. The van der Waals surface area contributed by atoms with Gasteiger partial charge in [0.1, 0.15) is 5.76 Å². The van der Waals surface area contributed by atoms with Crippen LogP contribution in [0.1, 0.15) is 17.3 Å². The van der Waals surface area contributed by atoms with Crippen molar-refractivity contribution in [3.8, 4) is 17.2 Å². The highest BCUT2D eigenvalue weighted by molar-refractivity contribution is 6.07. The highest BCUT2D eigenvalue weighted by atomic mass is 16.3. The first kappa shape index (κ1) is 12.6. The predicted octanol–water partition coefficient (Wildman–Crippen LogP) is 2.00. The minimum absolute atomic E-state index is 0.0964. The summed E-state index contributed by atoms with van der Waals surface area (Å²) in [5, 5.41) is 36.8. The van der Waals surface area contributed by atoms with Crippen LogP contribution in [0.2, 0.25) is 0 Å². The molecule has 1 aromatic carbocycles. The third kappa shape index (κ3) is 2.78. The highest BCUT2D eigenvalue weighted by Crippen LogP contribution is 2.37. The molecule has 0 saturated carbocycles. The lowest BCUT2D eigenvalue weighted by atomic mass is 10.1. The Labute approximate surface area is 97.6 Å². The summed E-state index contributed by atoms with van der Waals surface area (Å²) in [6, 6.07) is 2.26. The van der Waals surface area contributed by atoms with Crippen LogP contribution in [-0.2, 0) is 0 Å². The molecule has 1 rings (SSSR count). The first-order chi connectivity index (χ1) is 7.97. The van der Waals surface area contributed by atoms with Gasteiger partial charge in [0.25, 0.3) is 0 Å². The summed E-state index contributed by atoms with van der Waals surface area (Å²) in [5.41, 5.74) is -0.166. The molecule has 17 heavy (non-hydrogen) atoms. The van der Waals surface area contributed by atoms with Gasteiger partial charge in [0, 0.05) is 0 Å². The smallest absolute Gasteiger partial charge is 0.201 e. The third-order valence-corrected chi connectivity index (χ3v) is 2.10. The zero-order chi connectivity index (χ0) is 13.0. The minimum Gasteiger partial charge on any atom is -0.508 e. The molecule has 0 bridgehead atoms. The minimum atomic E-state index is -0.750. The third-order valence-electron chi connectivity index (χ3n) is 2.10. The van der Waals surface area contributed by atoms with Crippen molar-refractivity contribution in [1.82, 2.24) is 0 Å². The number of hydrogen-bond acceptors (Lipinski definition) is 5. The number of carbonyl (C=O) groups is 1. The van der Waals surface area contributed by atoms with Gasteiger partial charge in [-0.1, -0.05) is 0 Å². The molecule has 0 atom stereocenters. The highest BCUT2D eigenvalue weighted by Gasteiger charge is 2.15. The fourth-order valence-corrected chi connectivity index (χ4v) is 1.11. The van der Waals surface area contributed by atoms with Gasteiger partial charge in [-0.15, -0.1) is 0 Å². The van der Waals surface area contributed by atoms with Crippen LogP contribution in [0.5, 0.6) is 17.2 Å². The molecular weight excluding hydrogens is 224 g/mol. The van der Waals surface area contributed by atoms with E-state index in [4.69, 9.17) is 10.2 Å². The van der Waals surface area contributed by atoms with E-state index < -0.39 is 23.0 Å². The number of benzene rings is 1. The second kappa shape index (κ2) is 5.07. The lowest BCUT2D eigenvalue weighted by Crippen LogP contribution is -1.95. The van der Waals surface area contributed by atoms with Crippen LogP contribution >= 0.6 is 0 Å². The van der Waals surface area contributed by atoms with Gasteiger partial charge < -0.3 is 20.4 Å². The second-order valence-electron chi connectivity index (χ2n) is 3.24. The molecule has 0 unspecified atom stereocenters. The monoisotopic (exact) mass is 236 g/mol. The summed E-state index contributed by atoms with van der Waals surface area (Å²) < 4.78 is 0. The van der Waals surface area contributed by atoms with E-state index in [0.717, 1.165) is 18.2 Å². The summed E-state index contributed by atoms with van der Waals surface area (Å²) in [7, 11) is 0. The molecule has 4 N–H and O–H groups in total. The molecule has 0 aliphatic heterocycles. The van der Waals surface area contributed by atoms with E-state index in [1.165, 1.54) is 12.1 Å². The van der Waals surface area contributed by atoms with Gasteiger partial charge in [0.15, 0.2) is 17.3 Å². The molecule has 0 aromatic heterocycles. The van der Waals surface area contributed by atoms with E-state index in [1.54, 1.807) is 6.92 Å². The Kier molecular flexibility index (Phi) is 3.77. The van der Waals surface area contributed by atoms with Crippen LogP contribution in [0.3, 0.4) is 0 Å². The van der Waals surface area contributed by atoms with Gasteiger partial charge in [-0.3, -0.25) is 4.79 Å². The van der Waals surface area contributed by atoms with E-state index in [-0.39, 0.29) is 11.3 Å². The summed E-state index contributed by atoms with van der Waals surface area (Å²) in [6.07, 6.45) is 3.59. The van der Waals surface area contributed by atoms with Gasteiger partial charge in [-0.25, -0.2) is 0 Å². The molecule has 0 radical (unpaired) electrons. The molecule has 0 amide bonds. The van der Waals surface area contributed by atoms with Gasteiger partial charge in [-0.2, -0.15) is 0 Å². The molecule has 90 valence electrons. The maximum atomic E-state index is 11.6. The quantitative estimate of drug-likeness (QED) is 0.211. The number of rotatable bonds is 3. The number of aliphatic hydroxyl groups is 1. The zero-order valence-electron chi connectivity index (χ0n) is 9.08. The van der Waals surface area contributed by atoms with Crippen LogP contribution in [0.25, 0.3) is 0 Å². The molecule has 1 aromatic rings. The number of allylic oxidation sites excluding steroid dienone is 3. The van der Waals surface area contributed by atoms with Crippen molar-refractivity contribution in [3.05, 3.63) is 41.7 Å². The first-order valence-electron chi connectivity index (χ1n) is 4.79. The average Bonchev–Trinajstić information content (AvgIpc) is 2.32. The first-order valence-corrected chi connectivity index (χ1v) is 4.79. The van der Waals surface area contributed by atoms with Crippen molar-refractivity contribution in [3.63, 3.8) is 0 Å². The fraction of sp³-hybridized carbons (Fsp3) is 0.0833. The van der Waals surface area contributed by atoms with Crippen molar-refractivity contribution >= 4 is 5.78 Å². The molecule has 5 heteroatoms. The summed E-state index contributed by atoms with van der Waals surface area (Å²) >= 11 is 0. The van der Waals surface area contributed by atoms with E-state index >= 15 is 0 Å². The number of aliphatic hydroxyl groups excluding tert-OH is 1. The van der Waals surface area contributed by atoms with Crippen LogP contribution in [0, 0.1) is 0 Å². The summed E-state index contributed by atoms with van der Waals surface area (Å²) in [4.78, 5) is 11.6. The molecular formula is C12H12O5. The van der Waals surface area contributed by atoms with Gasteiger partial charge in [0.2, 0.25) is 5.75 Å². The largest absolute Gasteiger partial charge is 0.508 e. The van der Waals surface area contributed by atoms with Crippen molar-refractivity contribution in [1.29, 1.82) is 0 Å². The number of carbonyl (C=O) groups excluding carboxylic acids is 1. The fourth-order valence-electron chi connectivity index (χ4n) is 1.11. The average molecular weight is 236 g/mol. The Bertz CT molecular complexity index is 500.